The number of nitro groups is 2. The van der Waals surface area contributed by atoms with Crippen LogP contribution in [0.25, 0.3) is 11.3 Å². The van der Waals surface area contributed by atoms with Gasteiger partial charge >= 0.3 is 12.1 Å². The fourth-order valence-electron chi connectivity index (χ4n) is 2.85. The van der Waals surface area contributed by atoms with Crippen LogP contribution in [-0.4, -0.2) is 27.8 Å². The number of benzene rings is 2. The molecule has 11 nitrogen and oxygen atoms in total. The zero-order chi connectivity index (χ0) is 25.9. The molecule has 2 aromatic carbocycles. The van der Waals surface area contributed by atoms with Crippen LogP contribution in [0, 0.1) is 20.2 Å². The van der Waals surface area contributed by atoms with Crippen LogP contribution in [0.4, 0.5) is 30.2 Å². The lowest BCUT2D eigenvalue weighted by Crippen LogP contribution is -2.30. The summed E-state index contributed by atoms with van der Waals surface area (Å²) in [7, 11) is 0. The first-order valence-electron chi connectivity index (χ1n) is 9.59. The van der Waals surface area contributed by atoms with Crippen LogP contribution in [0.1, 0.15) is 23.0 Å². The minimum absolute atomic E-state index is 0.151. The van der Waals surface area contributed by atoms with Crippen LogP contribution in [-0.2, 0) is 15.7 Å². The summed E-state index contributed by atoms with van der Waals surface area (Å²) in [5.41, 5.74) is -2.76. The van der Waals surface area contributed by atoms with Gasteiger partial charge in [0.25, 0.3) is 17.3 Å². The maximum atomic E-state index is 13.3. The van der Waals surface area contributed by atoms with E-state index in [9.17, 15) is 43.0 Å². The fraction of sp³-hybridized carbons (Fsp3) is 0.143. The van der Waals surface area contributed by atoms with E-state index in [1.54, 1.807) is 0 Å². The Morgan fingerprint density at radius 3 is 2.14 bits per heavy atom. The van der Waals surface area contributed by atoms with E-state index in [-0.39, 0.29) is 23.3 Å². The second-order valence-electron chi connectivity index (χ2n) is 6.99. The average molecular weight is 493 g/mol. The summed E-state index contributed by atoms with van der Waals surface area (Å²) < 4.78 is 50.1. The van der Waals surface area contributed by atoms with Gasteiger partial charge in [-0.1, -0.05) is 0 Å². The Kier molecular flexibility index (Phi) is 6.84. The number of nitro benzene ring substituents is 2. The van der Waals surface area contributed by atoms with Crippen molar-refractivity contribution in [1.82, 2.24) is 0 Å². The van der Waals surface area contributed by atoms with E-state index < -0.39 is 50.9 Å². The molecule has 3 aromatic rings. The first kappa shape index (κ1) is 24.9. The van der Waals surface area contributed by atoms with E-state index >= 15 is 0 Å². The van der Waals surface area contributed by atoms with Gasteiger partial charge in [-0.3, -0.25) is 25.0 Å². The van der Waals surface area contributed by atoms with E-state index in [2.05, 4.69) is 0 Å². The third kappa shape index (κ3) is 5.79. The lowest BCUT2D eigenvalue weighted by atomic mass is 10.1. The molecule has 1 atom stereocenters. The number of nitrogens with zero attached hydrogens (tertiary/aromatic N) is 2. The number of amides is 1. The molecule has 1 N–H and O–H groups in total. The number of furan rings is 1. The van der Waals surface area contributed by atoms with Crippen LogP contribution < -0.4 is 5.32 Å². The average Bonchev–Trinajstić information content (AvgIpc) is 3.29. The number of hydrogen-bond acceptors (Lipinski definition) is 8. The van der Waals surface area contributed by atoms with E-state index in [1.165, 1.54) is 36.4 Å². The molecule has 0 aliphatic carbocycles. The standard InChI is InChI=1S/C21H14F3N3O8/c1-11(19(28)25-16-7-6-14(27(32)33)10-15(16)21(22,23)24)34-20(29)18-9-8-17(35-18)12-2-4-13(5-3-12)26(30)31/h2-11H,1H3,(H,25,28). The smallest absolute Gasteiger partial charge is 0.418 e. The molecule has 0 saturated carbocycles. The van der Waals surface area contributed by atoms with Crippen molar-refractivity contribution >= 4 is 28.9 Å². The molecule has 182 valence electrons. The van der Waals surface area contributed by atoms with Crippen LogP contribution in [0.5, 0.6) is 0 Å². The molecule has 1 unspecified atom stereocenters. The zero-order valence-corrected chi connectivity index (χ0v) is 17.6. The molecule has 0 radical (unpaired) electrons. The summed E-state index contributed by atoms with van der Waals surface area (Å²) in [6.45, 7) is 1.10. The largest absolute Gasteiger partial charge is 0.449 e. The first-order valence-corrected chi connectivity index (χ1v) is 9.59. The number of ether oxygens (including phenoxy) is 1. The Bertz CT molecular complexity index is 1300. The molecule has 0 aliphatic heterocycles. The second kappa shape index (κ2) is 9.62. The fourth-order valence-corrected chi connectivity index (χ4v) is 2.85. The van der Waals surface area contributed by atoms with Crippen molar-refractivity contribution in [3.8, 4) is 11.3 Å². The van der Waals surface area contributed by atoms with E-state index in [1.807, 2.05) is 5.32 Å². The molecule has 0 bridgehead atoms. The molecule has 1 heterocycles. The summed E-state index contributed by atoms with van der Waals surface area (Å²) in [4.78, 5) is 44.5. The Balaban J connectivity index is 1.70. The van der Waals surface area contributed by atoms with Gasteiger partial charge in [-0.15, -0.1) is 0 Å². The summed E-state index contributed by atoms with van der Waals surface area (Å²) in [5.74, 6) is -2.38. The summed E-state index contributed by atoms with van der Waals surface area (Å²) in [5, 5.41) is 23.4. The van der Waals surface area contributed by atoms with Crippen molar-refractivity contribution < 1.29 is 41.8 Å². The molecule has 0 spiro atoms. The zero-order valence-electron chi connectivity index (χ0n) is 17.6. The first-order chi connectivity index (χ1) is 16.4. The predicted octanol–water partition coefficient (Wildman–Crippen LogP) is 4.97. The Labute approximate surface area is 193 Å². The Hall–Kier alpha value is -4.75. The normalized spacial score (nSPS) is 12.0. The molecule has 3 rings (SSSR count). The minimum atomic E-state index is -5.00. The summed E-state index contributed by atoms with van der Waals surface area (Å²) in [6, 6.07) is 9.63. The number of carbonyl (C=O) groups is 2. The number of hydrogen-bond donors (Lipinski definition) is 1. The molecule has 1 amide bonds. The molecule has 0 fully saturated rings. The van der Waals surface area contributed by atoms with Crippen molar-refractivity contribution in [2.75, 3.05) is 5.32 Å². The van der Waals surface area contributed by atoms with E-state index in [0.29, 0.717) is 5.56 Å². The number of anilines is 1. The monoisotopic (exact) mass is 493 g/mol. The van der Waals surface area contributed by atoms with Gasteiger partial charge in [0.05, 0.1) is 21.1 Å². The highest BCUT2D eigenvalue weighted by atomic mass is 19.4. The van der Waals surface area contributed by atoms with Gasteiger partial charge in [0.2, 0.25) is 5.76 Å². The number of halogens is 3. The van der Waals surface area contributed by atoms with Gasteiger partial charge < -0.3 is 14.5 Å². The molecule has 14 heteroatoms. The van der Waals surface area contributed by atoms with Crippen molar-refractivity contribution in [2.45, 2.75) is 19.2 Å². The molecular formula is C21H14F3N3O8. The maximum absolute atomic E-state index is 13.3. The van der Waals surface area contributed by atoms with Gasteiger partial charge in [0.1, 0.15) is 5.76 Å². The van der Waals surface area contributed by atoms with Crippen LogP contribution in [0.15, 0.2) is 59.0 Å². The molecule has 0 saturated heterocycles. The highest BCUT2D eigenvalue weighted by Gasteiger charge is 2.36. The van der Waals surface area contributed by atoms with Crippen molar-refractivity contribution in [1.29, 1.82) is 0 Å². The van der Waals surface area contributed by atoms with Crippen molar-refractivity contribution in [2.24, 2.45) is 0 Å². The third-order valence-corrected chi connectivity index (χ3v) is 4.60. The van der Waals surface area contributed by atoms with Gasteiger partial charge in [-0.05, 0) is 37.3 Å². The topological polar surface area (TPSA) is 155 Å². The number of alkyl halides is 3. The SMILES string of the molecule is CC(OC(=O)c1ccc(-c2ccc([N+](=O)[O-])cc2)o1)C(=O)Nc1ccc([N+](=O)[O-])cc1C(F)(F)F. The van der Waals surface area contributed by atoms with Gasteiger partial charge in [0.15, 0.2) is 6.10 Å². The van der Waals surface area contributed by atoms with Crippen molar-refractivity contribution in [3.63, 3.8) is 0 Å². The third-order valence-electron chi connectivity index (χ3n) is 4.60. The van der Waals surface area contributed by atoms with Crippen molar-refractivity contribution in [3.05, 3.63) is 86.1 Å². The lowest BCUT2D eigenvalue weighted by Gasteiger charge is -2.16. The number of nitrogens with one attached hydrogen (secondary N) is 1. The molecule has 1 aromatic heterocycles. The van der Waals surface area contributed by atoms with Crippen LogP contribution >= 0.6 is 0 Å². The lowest BCUT2D eigenvalue weighted by molar-refractivity contribution is -0.385. The minimum Gasteiger partial charge on any atom is -0.449 e. The molecule has 0 aliphatic rings. The summed E-state index contributed by atoms with van der Waals surface area (Å²) in [6.07, 6.45) is -6.57. The number of non-ortho nitro benzene ring substituents is 2. The summed E-state index contributed by atoms with van der Waals surface area (Å²) >= 11 is 0. The van der Waals surface area contributed by atoms with Crippen LogP contribution in [0.3, 0.4) is 0 Å². The van der Waals surface area contributed by atoms with E-state index in [0.717, 1.165) is 19.1 Å². The van der Waals surface area contributed by atoms with Gasteiger partial charge in [-0.25, -0.2) is 4.79 Å². The molecular weight excluding hydrogens is 479 g/mol. The van der Waals surface area contributed by atoms with Gasteiger partial charge in [0, 0.05) is 29.8 Å². The van der Waals surface area contributed by atoms with Crippen LogP contribution in [0.2, 0.25) is 0 Å². The highest BCUT2D eigenvalue weighted by Crippen LogP contribution is 2.37. The quantitative estimate of drug-likeness (QED) is 0.275. The highest BCUT2D eigenvalue weighted by molar-refractivity contribution is 5.97. The number of rotatable bonds is 7. The maximum Gasteiger partial charge on any atom is 0.418 e. The Morgan fingerprint density at radius 2 is 1.57 bits per heavy atom. The van der Waals surface area contributed by atoms with Gasteiger partial charge in [-0.2, -0.15) is 13.2 Å². The second-order valence-corrected chi connectivity index (χ2v) is 6.99. The number of esters is 1. The molecule has 35 heavy (non-hydrogen) atoms. The Morgan fingerprint density at radius 1 is 0.971 bits per heavy atom. The van der Waals surface area contributed by atoms with E-state index in [4.69, 9.17) is 9.15 Å². The number of carbonyl (C=O) groups excluding carboxylic acids is 2. The predicted molar refractivity (Wildman–Crippen MR) is 112 cm³/mol.